The third-order valence-electron chi connectivity index (χ3n) is 8.91. The summed E-state index contributed by atoms with van der Waals surface area (Å²) in [5, 5.41) is 2.25. The van der Waals surface area contributed by atoms with Gasteiger partial charge in [-0.2, -0.15) is 0 Å². The Morgan fingerprint density at radius 3 is 2.14 bits per heavy atom. The minimum atomic E-state index is -0.201. The van der Waals surface area contributed by atoms with Gasteiger partial charge in [0, 0.05) is 66.6 Å². The average molecular weight is 594 g/mol. The summed E-state index contributed by atoms with van der Waals surface area (Å²) in [5.74, 6) is 1.25. The molecule has 2 aromatic heterocycles. The number of carbonyl (C=O) groups is 2. The predicted molar refractivity (Wildman–Crippen MR) is 177 cm³/mol. The summed E-state index contributed by atoms with van der Waals surface area (Å²) in [7, 11) is 5.17. The first-order valence-electron chi connectivity index (χ1n) is 15.4. The number of hydrogen-bond acceptors (Lipinski definition) is 4. The Labute approximate surface area is 259 Å². The molecule has 7 heteroatoms. The van der Waals surface area contributed by atoms with Crippen LogP contribution in [0.1, 0.15) is 71.4 Å². The molecule has 2 N–H and O–H groups in total. The number of H-pyrrole nitrogens is 2. The smallest absolute Gasteiger partial charge is 0.223 e. The Hall–Kier alpha value is -4.52. The largest absolute Gasteiger partial charge is 0.493 e. The summed E-state index contributed by atoms with van der Waals surface area (Å²) in [6.45, 7) is 6.79. The molecule has 0 aliphatic carbocycles. The molecule has 2 unspecified atom stereocenters. The Bertz CT molecular complexity index is 1760. The number of fused-ring (bicyclic) bond motifs is 2. The summed E-state index contributed by atoms with van der Waals surface area (Å²) in [6, 6.07) is 16.8. The zero-order valence-corrected chi connectivity index (χ0v) is 26.6. The van der Waals surface area contributed by atoms with Crippen LogP contribution in [-0.2, 0) is 16.0 Å². The minimum absolute atomic E-state index is 0.0173. The van der Waals surface area contributed by atoms with Crippen LogP contribution in [0, 0.1) is 13.8 Å². The number of rotatable bonds is 13. The fourth-order valence-electron chi connectivity index (χ4n) is 6.40. The van der Waals surface area contributed by atoms with E-state index in [-0.39, 0.29) is 17.7 Å². The van der Waals surface area contributed by atoms with Gasteiger partial charge >= 0.3 is 0 Å². The lowest BCUT2D eigenvalue weighted by atomic mass is 9.86. The van der Waals surface area contributed by atoms with Gasteiger partial charge in [0.2, 0.25) is 5.91 Å². The van der Waals surface area contributed by atoms with Gasteiger partial charge in [0.05, 0.1) is 14.2 Å². The molecular weight excluding hydrogens is 550 g/mol. The van der Waals surface area contributed by atoms with E-state index in [1.807, 2.05) is 30.4 Å². The molecule has 5 rings (SSSR count). The van der Waals surface area contributed by atoms with E-state index in [9.17, 15) is 9.59 Å². The van der Waals surface area contributed by atoms with Crippen molar-refractivity contribution in [2.75, 3.05) is 27.8 Å². The molecule has 0 radical (unpaired) electrons. The van der Waals surface area contributed by atoms with E-state index in [1.54, 1.807) is 14.2 Å². The second kappa shape index (κ2) is 13.4. The predicted octanol–water partition coefficient (Wildman–Crippen LogP) is 7.59. The van der Waals surface area contributed by atoms with Gasteiger partial charge in [0.25, 0.3) is 0 Å². The minimum Gasteiger partial charge on any atom is -0.493 e. The van der Waals surface area contributed by atoms with Crippen molar-refractivity contribution in [2.45, 2.75) is 58.3 Å². The third-order valence-corrected chi connectivity index (χ3v) is 8.91. The maximum Gasteiger partial charge on any atom is 0.223 e. The molecule has 0 saturated carbocycles. The van der Waals surface area contributed by atoms with Crippen LogP contribution in [0.2, 0.25) is 0 Å². The number of aromatic amines is 2. The molecule has 0 aliphatic heterocycles. The lowest BCUT2D eigenvalue weighted by Gasteiger charge is -2.25. The molecule has 44 heavy (non-hydrogen) atoms. The van der Waals surface area contributed by atoms with E-state index in [1.165, 1.54) is 5.56 Å². The zero-order chi connectivity index (χ0) is 31.4. The second-order valence-corrected chi connectivity index (χ2v) is 11.8. The maximum absolute atomic E-state index is 14.0. The molecule has 0 bridgehead atoms. The average Bonchev–Trinajstić information content (AvgIpc) is 3.64. The maximum atomic E-state index is 14.0. The molecule has 0 spiro atoms. The number of ether oxygens (including phenoxy) is 2. The zero-order valence-electron chi connectivity index (χ0n) is 26.6. The van der Waals surface area contributed by atoms with Crippen LogP contribution in [0.25, 0.3) is 21.8 Å². The number of benzene rings is 3. The summed E-state index contributed by atoms with van der Waals surface area (Å²) in [6.07, 6.45) is 7.19. The Kier molecular flexibility index (Phi) is 9.43. The molecular formula is C37H43N3O4. The second-order valence-electron chi connectivity index (χ2n) is 11.8. The van der Waals surface area contributed by atoms with Crippen LogP contribution >= 0.6 is 0 Å². The Balaban J connectivity index is 1.44. The number of aromatic nitrogens is 2. The fraction of sp³-hybridized carbons (Fsp3) is 0.351. The number of methoxy groups -OCH3 is 2. The lowest BCUT2D eigenvalue weighted by molar-refractivity contribution is -0.130. The Morgan fingerprint density at radius 1 is 0.909 bits per heavy atom. The number of carbonyl (C=O) groups excluding carboxylic acids is 2. The van der Waals surface area contributed by atoms with E-state index in [0.29, 0.717) is 31.6 Å². The van der Waals surface area contributed by atoms with Crippen LogP contribution in [0.15, 0.2) is 60.9 Å². The fourth-order valence-corrected chi connectivity index (χ4v) is 6.40. The number of hydrogen-bond donors (Lipinski definition) is 2. The van der Waals surface area contributed by atoms with Crippen molar-refractivity contribution in [1.82, 2.24) is 14.9 Å². The van der Waals surface area contributed by atoms with Gasteiger partial charge in [-0.1, -0.05) is 36.2 Å². The Morgan fingerprint density at radius 2 is 1.55 bits per heavy atom. The van der Waals surface area contributed by atoms with Gasteiger partial charge < -0.3 is 29.1 Å². The molecule has 0 saturated heterocycles. The van der Waals surface area contributed by atoms with E-state index >= 15 is 0 Å². The highest BCUT2D eigenvalue weighted by atomic mass is 16.5. The molecule has 5 aromatic rings. The van der Waals surface area contributed by atoms with Gasteiger partial charge in [-0.15, -0.1) is 0 Å². The number of aldehydes is 1. The molecule has 0 aliphatic rings. The van der Waals surface area contributed by atoms with Crippen LogP contribution in [-0.4, -0.2) is 54.9 Å². The van der Waals surface area contributed by atoms with Crippen LogP contribution in [0.5, 0.6) is 11.5 Å². The standard InChI is InChI=1S/C37H43N3O4/c1-7-25-18-27(19-35(43-5)37(25)44-6)28(32-22-39-34-11-9-24(3)17-30(32)34)20-36(42)40(4)14-12-26(13-15-41)31-21-38-33-10-8-23(2)16-29(31)33/h8-11,15-19,21-22,26,28,38-39H,7,12-14,20H2,1-6H3. The first-order chi connectivity index (χ1) is 21.3. The molecule has 1 amide bonds. The van der Waals surface area contributed by atoms with Crippen molar-refractivity contribution in [3.05, 3.63) is 94.3 Å². The number of aryl methyl sites for hydroxylation is 3. The van der Waals surface area contributed by atoms with Crippen molar-refractivity contribution >= 4 is 34.0 Å². The molecule has 2 heterocycles. The topological polar surface area (TPSA) is 87.4 Å². The van der Waals surface area contributed by atoms with Gasteiger partial charge in [-0.3, -0.25) is 4.79 Å². The highest BCUT2D eigenvalue weighted by Gasteiger charge is 2.26. The quantitative estimate of drug-likeness (QED) is 0.138. The van der Waals surface area contributed by atoms with E-state index in [4.69, 9.17) is 9.47 Å². The molecule has 3 aromatic carbocycles. The van der Waals surface area contributed by atoms with Gasteiger partial charge in [0.15, 0.2) is 11.5 Å². The first kappa shape index (κ1) is 30.9. The van der Waals surface area contributed by atoms with Crippen LogP contribution in [0.3, 0.4) is 0 Å². The van der Waals surface area contributed by atoms with Crippen molar-refractivity contribution < 1.29 is 19.1 Å². The number of nitrogens with one attached hydrogen (secondary N) is 2. The van der Waals surface area contributed by atoms with Crippen molar-refractivity contribution in [1.29, 1.82) is 0 Å². The highest BCUT2D eigenvalue weighted by molar-refractivity contribution is 5.87. The molecule has 2 atom stereocenters. The van der Waals surface area contributed by atoms with E-state index in [0.717, 1.165) is 68.1 Å². The lowest BCUT2D eigenvalue weighted by Crippen LogP contribution is -2.30. The summed E-state index contributed by atoms with van der Waals surface area (Å²) >= 11 is 0. The summed E-state index contributed by atoms with van der Waals surface area (Å²) in [4.78, 5) is 34.2. The van der Waals surface area contributed by atoms with Crippen LogP contribution in [0.4, 0.5) is 0 Å². The SMILES string of the molecule is CCc1cc(C(CC(=O)N(C)CCC(CC=O)c2c[nH]c3ccc(C)cc23)c2c[nH]c3ccc(C)cc23)cc(OC)c1OC. The van der Waals surface area contributed by atoms with Gasteiger partial charge in [0.1, 0.15) is 6.29 Å². The number of nitrogens with zero attached hydrogens (tertiary/aromatic N) is 1. The number of amides is 1. The normalized spacial score (nSPS) is 12.8. The highest BCUT2D eigenvalue weighted by Crippen LogP contribution is 2.41. The summed E-state index contributed by atoms with van der Waals surface area (Å²) in [5.41, 5.74) is 8.69. The van der Waals surface area contributed by atoms with Gasteiger partial charge in [-0.25, -0.2) is 0 Å². The van der Waals surface area contributed by atoms with Crippen LogP contribution < -0.4 is 9.47 Å². The monoisotopic (exact) mass is 593 g/mol. The van der Waals surface area contributed by atoms with E-state index < -0.39 is 0 Å². The van der Waals surface area contributed by atoms with Crippen molar-refractivity contribution in [2.24, 2.45) is 0 Å². The van der Waals surface area contributed by atoms with Crippen molar-refractivity contribution in [3.63, 3.8) is 0 Å². The summed E-state index contributed by atoms with van der Waals surface area (Å²) < 4.78 is 11.4. The van der Waals surface area contributed by atoms with E-state index in [2.05, 4.69) is 73.2 Å². The van der Waals surface area contributed by atoms with Crippen molar-refractivity contribution in [3.8, 4) is 11.5 Å². The third kappa shape index (κ3) is 6.23. The molecule has 0 fully saturated rings. The molecule has 230 valence electrons. The first-order valence-corrected chi connectivity index (χ1v) is 15.4. The molecule has 7 nitrogen and oxygen atoms in total. The van der Waals surface area contributed by atoms with Gasteiger partial charge in [-0.05, 0) is 85.2 Å².